The van der Waals surface area contributed by atoms with Crippen molar-refractivity contribution in [2.75, 3.05) is 27.7 Å². The molecule has 5 heterocycles. The number of aromatic nitrogens is 3. The normalized spacial score (nSPS) is 36.6. The molecule has 0 aromatic carbocycles. The molecule has 0 aliphatic carbocycles. The van der Waals surface area contributed by atoms with E-state index in [1.54, 1.807) is 50.7 Å². The molecule has 2 aromatic heterocycles. The summed E-state index contributed by atoms with van der Waals surface area (Å²) in [5.41, 5.74) is -0.267. The zero-order valence-corrected chi connectivity index (χ0v) is 35.7. The van der Waals surface area contributed by atoms with Gasteiger partial charge in [0.2, 0.25) is 0 Å². The quantitative estimate of drug-likeness (QED) is 0.220. The van der Waals surface area contributed by atoms with Crippen molar-refractivity contribution in [3.05, 3.63) is 48.7 Å². The number of methoxy groups -OCH3 is 1. The largest absolute Gasteiger partial charge is 0.455 e. The van der Waals surface area contributed by atoms with Crippen molar-refractivity contribution >= 4 is 17.8 Å². The Hall–Kier alpha value is -3.69. The molecule has 1 amide bonds. The second-order valence-electron chi connectivity index (χ2n) is 17.1. The smallest absolute Gasteiger partial charge is 0.410 e. The fraction of sp³-hybridized carbons (Fsp3) is 0.698. The Morgan fingerprint density at radius 3 is 2.46 bits per heavy atom. The number of rotatable bonds is 11. The lowest BCUT2D eigenvalue weighted by Gasteiger charge is -2.47. The maximum absolute atomic E-state index is 14.7. The molecule has 0 bridgehead atoms. The lowest BCUT2D eigenvalue weighted by Crippen LogP contribution is -2.59. The van der Waals surface area contributed by atoms with E-state index in [1.807, 2.05) is 83.4 Å². The number of fused-ring (bicyclic) bond motifs is 1. The lowest BCUT2D eigenvalue weighted by molar-refractivity contribution is -0.294. The second kappa shape index (κ2) is 18.5. The highest BCUT2D eigenvalue weighted by Crippen LogP contribution is 2.43. The lowest BCUT2D eigenvalue weighted by atomic mass is 9.74. The zero-order valence-electron chi connectivity index (χ0n) is 35.7. The van der Waals surface area contributed by atoms with Crippen LogP contribution >= 0.6 is 0 Å². The number of carbonyl (C=O) groups excluding carboxylic acids is 3. The van der Waals surface area contributed by atoms with Crippen molar-refractivity contribution in [1.82, 2.24) is 24.3 Å². The number of Topliss-reactive ketones (excluding diaryl/α,β-unsaturated/α-hetero) is 1. The first-order valence-corrected chi connectivity index (χ1v) is 20.5. The Labute approximate surface area is 338 Å². The number of carbonyl (C=O) groups is 3. The summed E-state index contributed by atoms with van der Waals surface area (Å²) in [6.07, 6.45) is 7.43. The van der Waals surface area contributed by atoms with Gasteiger partial charge < -0.3 is 43.2 Å². The maximum atomic E-state index is 14.7. The number of pyridine rings is 1. The third kappa shape index (κ3) is 9.62. The number of unbranched alkanes of at least 4 members (excludes halogenated alkanes) is 1. The van der Waals surface area contributed by atoms with Gasteiger partial charge in [-0.15, -0.1) is 0 Å². The number of hydrogen-bond donors (Lipinski definition) is 1. The third-order valence-corrected chi connectivity index (χ3v) is 12.4. The van der Waals surface area contributed by atoms with Gasteiger partial charge >= 0.3 is 12.1 Å². The molecule has 0 unspecified atom stereocenters. The summed E-state index contributed by atoms with van der Waals surface area (Å²) in [4.78, 5) is 54.8. The van der Waals surface area contributed by atoms with Crippen LogP contribution in [0, 0.1) is 17.8 Å². The van der Waals surface area contributed by atoms with Gasteiger partial charge in [-0.1, -0.05) is 33.8 Å². The average Bonchev–Trinajstić information content (AvgIpc) is 3.75. The molecular formula is C43H65N5O9. The summed E-state index contributed by atoms with van der Waals surface area (Å²) < 4.78 is 33.6. The highest BCUT2D eigenvalue weighted by atomic mass is 16.7. The van der Waals surface area contributed by atoms with Gasteiger partial charge in [0, 0.05) is 73.7 Å². The van der Waals surface area contributed by atoms with Crippen molar-refractivity contribution in [2.45, 2.75) is 148 Å². The minimum atomic E-state index is -1.31. The first-order valence-electron chi connectivity index (χ1n) is 20.5. The monoisotopic (exact) mass is 795 g/mol. The summed E-state index contributed by atoms with van der Waals surface area (Å²) in [5.74, 6) is -2.31. The standard InChI is InChI=1S/C43H65N5O9/c1-12-34-43(8)37(48(41(52)57-43)19-14-13-18-47-24-32(45-25-47)31-16-15-17-44-23-31)30(6)35(49)28(4)22-42(7,53-11)38(26(2)20-27(3)39(51)55-34)56-40-36(50)33(46(9)10)21-29(5)54-40/h15-17,20,23-26,28-30,33-34,36-38,40,50H,12-14,18-19,21-22H2,1-11H3/b27-20-/t26-,28+,29+,30-,33-,34+,36+,37-,38+,40-,42+,43+/m0/s1. The number of aliphatic hydroxyl groups excluding tert-OH is 1. The molecule has 3 aliphatic rings. The van der Waals surface area contributed by atoms with E-state index in [0.29, 0.717) is 37.9 Å². The summed E-state index contributed by atoms with van der Waals surface area (Å²) >= 11 is 0. The van der Waals surface area contributed by atoms with Gasteiger partial charge in [0.15, 0.2) is 11.9 Å². The topological polar surface area (TPSA) is 155 Å². The van der Waals surface area contributed by atoms with Crippen LogP contribution in [0.5, 0.6) is 0 Å². The van der Waals surface area contributed by atoms with Crippen molar-refractivity contribution in [2.24, 2.45) is 17.8 Å². The Morgan fingerprint density at radius 1 is 1.09 bits per heavy atom. The van der Waals surface area contributed by atoms with Gasteiger partial charge in [-0.05, 0) is 86.0 Å². The van der Waals surface area contributed by atoms with Crippen LogP contribution < -0.4 is 0 Å². The van der Waals surface area contributed by atoms with Crippen molar-refractivity contribution in [3.63, 3.8) is 0 Å². The highest BCUT2D eigenvalue weighted by Gasteiger charge is 2.60. The van der Waals surface area contributed by atoms with Crippen LogP contribution in [0.2, 0.25) is 0 Å². The van der Waals surface area contributed by atoms with Crippen LogP contribution in [0.15, 0.2) is 48.7 Å². The van der Waals surface area contributed by atoms with E-state index < -0.39 is 71.7 Å². The Morgan fingerprint density at radius 2 is 1.81 bits per heavy atom. The molecule has 316 valence electrons. The van der Waals surface area contributed by atoms with Gasteiger partial charge in [-0.3, -0.25) is 9.78 Å². The average molecular weight is 796 g/mol. The molecule has 14 heteroatoms. The highest BCUT2D eigenvalue weighted by molar-refractivity contribution is 5.88. The Kier molecular flexibility index (Phi) is 14.4. The minimum Gasteiger partial charge on any atom is -0.455 e. The summed E-state index contributed by atoms with van der Waals surface area (Å²) in [6.45, 7) is 15.9. The van der Waals surface area contributed by atoms with Crippen LogP contribution in [0.25, 0.3) is 11.3 Å². The third-order valence-electron chi connectivity index (χ3n) is 12.4. The van der Waals surface area contributed by atoms with E-state index in [-0.39, 0.29) is 24.3 Å². The number of likely N-dealkylation sites (N-methyl/N-ethyl adjacent to an activating group) is 1. The summed E-state index contributed by atoms with van der Waals surface area (Å²) in [7, 11) is 5.41. The molecule has 14 nitrogen and oxygen atoms in total. The molecular weight excluding hydrogens is 730 g/mol. The van der Waals surface area contributed by atoms with Crippen LogP contribution in [0.1, 0.15) is 87.5 Å². The van der Waals surface area contributed by atoms with Gasteiger partial charge in [0.1, 0.15) is 18.0 Å². The number of aryl methyl sites for hydroxylation is 1. The van der Waals surface area contributed by atoms with E-state index in [4.69, 9.17) is 23.7 Å². The summed E-state index contributed by atoms with van der Waals surface area (Å²) in [5, 5.41) is 11.4. The molecule has 3 aliphatic heterocycles. The number of imidazole rings is 1. The molecule has 0 radical (unpaired) electrons. The van der Waals surface area contributed by atoms with Crippen LogP contribution in [0.3, 0.4) is 0 Å². The fourth-order valence-corrected chi connectivity index (χ4v) is 9.33. The number of ether oxygens (including phenoxy) is 5. The van der Waals surface area contributed by atoms with Gasteiger partial charge in [-0.2, -0.15) is 0 Å². The number of nitrogens with zero attached hydrogens (tertiary/aromatic N) is 5. The molecule has 1 N–H and O–H groups in total. The van der Waals surface area contributed by atoms with Gasteiger partial charge in [-0.25, -0.2) is 14.6 Å². The number of ketones is 1. The summed E-state index contributed by atoms with van der Waals surface area (Å²) in [6, 6.07) is 2.92. The number of amides is 1. The van der Waals surface area contributed by atoms with Gasteiger partial charge in [0.25, 0.3) is 0 Å². The molecule has 2 saturated heterocycles. The first kappa shape index (κ1) is 44.4. The van der Waals surface area contributed by atoms with E-state index in [0.717, 1.165) is 17.7 Å². The van der Waals surface area contributed by atoms with Crippen molar-refractivity contribution < 1.29 is 43.2 Å². The van der Waals surface area contributed by atoms with E-state index >= 15 is 0 Å². The van der Waals surface area contributed by atoms with Crippen molar-refractivity contribution in [1.29, 1.82) is 0 Å². The molecule has 0 spiro atoms. The molecule has 2 aromatic rings. The number of esters is 1. The maximum Gasteiger partial charge on any atom is 0.410 e. The second-order valence-corrected chi connectivity index (χ2v) is 17.1. The first-order chi connectivity index (χ1) is 26.9. The predicted molar refractivity (Wildman–Crippen MR) is 214 cm³/mol. The number of hydrogen-bond acceptors (Lipinski definition) is 12. The van der Waals surface area contributed by atoms with Crippen molar-refractivity contribution in [3.8, 4) is 11.3 Å². The fourth-order valence-electron chi connectivity index (χ4n) is 9.33. The van der Waals surface area contributed by atoms with E-state index in [9.17, 15) is 19.5 Å². The van der Waals surface area contributed by atoms with Crippen LogP contribution in [0.4, 0.5) is 4.79 Å². The zero-order chi connectivity index (χ0) is 41.8. The Balaban J connectivity index is 1.42. The molecule has 2 fully saturated rings. The predicted octanol–water partition coefficient (Wildman–Crippen LogP) is 5.67. The van der Waals surface area contributed by atoms with Gasteiger partial charge in [0.05, 0.1) is 35.9 Å². The van der Waals surface area contributed by atoms with E-state index in [2.05, 4.69) is 9.97 Å². The van der Waals surface area contributed by atoms with E-state index in [1.165, 1.54) is 0 Å². The minimum absolute atomic E-state index is 0.0780. The number of aliphatic hydroxyl groups is 1. The number of cyclic esters (lactones) is 1. The molecule has 5 rings (SSSR count). The van der Waals surface area contributed by atoms with Crippen LogP contribution in [-0.2, 0) is 39.8 Å². The Bertz CT molecular complexity index is 1720. The van der Waals surface area contributed by atoms with Crippen LogP contribution in [-0.4, -0.2) is 129 Å². The SMILES string of the molecule is CC[C@H]1OC(=O)/C(C)=C\[C@H](C)[C@@H](O[C@@H]2O[C@H](C)C[C@H](N(C)C)[C@H]2O)[C@](C)(OC)C[C@@H](C)C(=O)[C@H](C)[C@@H]2N(CCCCn3cnc(-c4cccnc4)c3)C(=O)O[C@@]21C. The molecule has 12 atom stereocenters. The molecule has 57 heavy (non-hydrogen) atoms. The molecule has 0 saturated carbocycles.